The summed E-state index contributed by atoms with van der Waals surface area (Å²) in [6.07, 6.45) is 9.95. The van der Waals surface area contributed by atoms with Crippen LogP contribution in [-0.2, 0) is 14.1 Å². The number of aliphatic hydroxyl groups excluding tert-OH is 1. The molecule has 156 valence electrons. The molecule has 0 aliphatic carbocycles. The number of hydrogen-bond acceptors (Lipinski definition) is 5. The Hall–Kier alpha value is 1.38. The van der Waals surface area contributed by atoms with Crippen molar-refractivity contribution in [3.63, 3.8) is 0 Å². The smallest absolute Gasteiger partial charge is 1.00 e. The van der Waals surface area contributed by atoms with Gasteiger partial charge in [0.1, 0.15) is 0 Å². The molecule has 2 atom stereocenters. The van der Waals surface area contributed by atoms with Gasteiger partial charge in [0, 0.05) is 0 Å². The van der Waals surface area contributed by atoms with Crippen LogP contribution in [0.1, 0.15) is 53.4 Å². The number of benzene rings is 1. The molecule has 0 bridgehead atoms. The van der Waals surface area contributed by atoms with E-state index in [0.29, 0.717) is 5.92 Å². The van der Waals surface area contributed by atoms with E-state index in [4.69, 9.17) is 15.2 Å². The summed E-state index contributed by atoms with van der Waals surface area (Å²) >= 11 is 0. The summed E-state index contributed by atoms with van der Waals surface area (Å²) in [5, 5.41) is 17.1. The average Bonchev–Trinajstić information content (AvgIpc) is 2.65. The number of aliphatic hydroxyl groups is 1. The normalized spacial score (nSPS) is 10.9. The van der Waals surface area contributed by atoms with Gasteiger partial charge in [-0.2, -0.15) is 0 Å². The minimum absolute atomic E-state index is 0. The molecule has 0 radical (unpaired) electrons. The number of rotatable bonds is 6. The van der Waals surface area contributed by atoms with Crippen LogP contribution in [0, 0.1) is 0 Å². The van der Waals surface area contributed by atoms with E-state index in [9.17, 15) is 4.46 Å². The van der Waals surface area contributed by atoms with Gasteiger partial charge in [0.2, 0.25) is 0 Å². The Morgan fingerprint density at radius 2 is 1.45 bits per heavy atom. The van der Waals surface area contributed by atoms with Crippen LogP contribution in [0.25, 0.3) is 0 Å². The van der Waals surface area contributed by atoms with Gasteiger partial charge >= 0.3 is 103 Å². The molecule has 8 heteroatoms. The SMILES string of the molecule is C/C=C\CC(C)O.C/C=C\CC(C)c1ccccc1.C[Si](C)=O.O=CO[O-].[H-].[K+].[K+]. The number of hydrogen-bond donors (Lipinski definition) is 1. The molecule has 0 amide bonds. The largest absolute Gasteiger partial charge is 1.00 e. The molecule has 0 saturated heterocycles. The molecule has 5 nitrogen and oxygen atoms in total. The van der Waals surface area contributed by atoms with E-state index in [1.807, 2.05) is 19.1 Å². The van der Waals surface area contributed by atoms with Gasteiger partial charge in [-0.25, -0.2) is 0 Å². The van der Waals surface area contributed by atoms with Crippen molar-refractivity contribution in [3.05, 3.63) is 60.2 Å². The van der Waals surface area contributed by atoms with Crippen LogP contribution in [0.5, 0.6) is 0 Å². The predicted molar refractivity (Wildman–Crippen MR) is 112 cm³/mol. The van der Waals surface area contributed by atoms with Gasteiger partial charge in [0.25, 0.3) is 15.2 Å². The molecule has 0 spiro atoms. The second-order valence-electron chi connectivity index (χ2n) is 5.87. The van der Waals surface area contributed by atoms with Crippen LogP contribution >= 0.6 is 0 Å². The first-order valence-electron chi connectivity index (χ1n) is 8.91. The van der Waals surface area contributed by atoms with Crippen LogP contribution < -0.4 is 108 Å². The van der Waals surface area contributed by atoms with Crippen molar-refractivity contribution in [2.75, 3.05) is 0 Å². The summed E-state index contributed by atoms with van der Waals surface area (Å²) in [6.45, 7) is 11.3. The first-order chi connectivity index (χ1) is 12.8. The molecule has 0 aliphatic heterocycles. The maximum Gasteiger partial charge on any atom is 1.00 e. The molecular formula is C21H36K2O5Si. The van der Waals surface area contributed by atoms with E-state index in [2.05, 4.69) is 61.2 Å². The van der Waals surface area contributed by atoms with E-state index in [1.54, 1.807) is 20.0 Å². The van der Waals surface area contributed by atoms with Gasteiger partial charge in [0.15, 0.2) is 0 Å². The Bertz CT molecular complexity index is 511. The van der Waals surface area contributed by atoms with Crippen molar-refractivity contribution < 1.29 is 129 Å². The summed E-state index contributed by atoms with van der Waals surface area (Å²) in [5.41, 5.74) is 1.43. The summed E-state index contributed by atoms with van der Waals surface area (Å²) in [5.74, 6) is 0.641. The fourth-order valence-electron chi connectivity index (χ4n) is 1.59. The van der Waals surface area contributed by atoms with Crippen molar-refractivity contribution in [2.24, 2.45) is 0 Å². The Morgan fingerprint density at radius 1 is 1.07 bits per heavy atom. The first kappa shape index (κ1) is 40.7. The summed E-state index contributed by atoms with van der Waals surface area (Å²) in [6, 6.07) is 10.6. The average molecular weight is 475 g/mol. The molecule has 0 fully saturated rings. The third-order valence-corrected chi connectivity index (χ3v) is 2.85. The molecule has 29 heavy (non-hydrogen) atoms. The molecular weight excluding hydrogens is 439 g/mol. The molecule has 1 aromatic carbocycles. The van der Waals surface area contributed by atoms with Gasteiger partial charge in [-0.15, -0.1) is 0 Å². The number of allylic oxidation sites excluding steroid dienone is 3. The minimum atomic E-state index is -1.13. The number of carbonyl (C=O) groups is 1. The molecule has 0 saturated carbocycles. The first-order valence-corrected chi connectivity index (χ1v) is 11.3. The fourth-order valence-corrected chi connectivity index (χ4v) is 1.59. The molecule has 1 rings (SSSR count). The molecule has 1 aromatic rings. The van der Waals surface area contributed by atoms with Crippen molar-refractivity contribution in [3.8, 4) is 0 Å². The fraction of sp³-hybridized carbons (Fsp3) is 0.476. The molecule has 2 unspecified atom stereocenters. The third-order valence-electron chi connectivity index (χ3n) is 2.85. The van der Waals surface area contributed by atoms with Crippen molar-refractivity contribution in [1.29, 1.82) is 0 Å². The van der Waals surface area contributed by atoms with Crippen LogP contribution in [0.2, 0.25) is 13.1 Å². The Morgan fingerprint density at radius 3 is 1.72 bits per heavy atom. The third kappa shape index (κ3) is 44.0. The van der Waals surface area contributed by atoms with Gasteiger partial charge in [0.05, 0.1) is 6.10 Å². The maximum absolute atomic E-state index is 9.63. The zero-order valence-electron chi connectivity index (χ0n) is 20.4. The van der Waals surface area contributed by atoms with Gasteiger partial charge in [-0.1, -0.05) is 61.6 Å². The molecule has 0 aliphatic rings. The summed E-state index contributed by atoms with van der Waals surface area (Å²) in [7, 11) is -1.13. The Kier molecular flexibility index (Phi) is 47.7. The van der Waals surface area contributed by atoms with Gasteiger partial charge < -0.3 is 21.1 Å². The van der Waals surface area contributed by atoms with Crippen LogP contribution in [0.3, 0.4) is 0 Å². The maximum atomic E-state index is 9.63. The van der Waals surface area contributed by atoms with Crippen molar-refractivity contribution in [2.45, 2.75) is 65.7 Å². The Balaban J connectivity index is -0.0000000695. The van der Waals surface area contributed by atoms with E-state index in [0.717, 1.165) is 12.8 Å². The van der Waals surface area contributed by atoms with E-state index < -0.39 is 8.68 Å². The van der Waals surface area contributed by atoms with E-state index in [-0.39, 0.29) is 117 Å². The summed E-state index contributed by atoms with van der Waals surface area (Å²) < 4.78 is 9.63. The second-order valence-corrected chi connectivity index (χ2v) is 7.69. The van der Waals surface area contributed by atoms with Crippen LogP contribution in [0.15, 0.2) is 54.6 Å². The topological polar surface area (TPSA) is 86.7 Å². The monoisotopic (exact) mass is 474 g/mol. The quantitative estimate of drug-likeness (QED) is 0.175. The second kappa shape index (κ2) is 34.0. The van der Waals surface area contributed by atoms with E-state index in [1.165, 1.54) is 5.56 Å². The molecule has 1 N–H and O–H groups in total. The zero-order chi connectivity index (χ0) is 21.5. The number of carbonyl (C=O) groups excluding carboxylic acids is 1. The standard InChI is InChI=1S/C12H16.C6H12O.C2H6OSi.CH2O3.2K.H/c1-3-4-8-11(2)12-9-6-5-7-10-12;1-3-4-5-6(2)7;1-4(2)3;2-1-4-3;;;/h3-7,9-11H,8H2,1-2H3;3-4,6-7H,5H2,1-2H3;1-2H3;1,3H;;;/q;;;;2*+1;-1/p-1/b2*4-3-;;;;;. The van der Waals surface area contributed by atoms with Gasteiger partial charge in [-0.3, -0.25) is 4.79 Å². The van der Waals surface area contributed by atoms with E-state index >= 15 is 0 Å². The molecule has 0 heterocycles. The minimum Gasteiger partial charge on any atom is -1.00 e. The predicted octanol–water partition coefficient (Wildman–Crippen LogP) is -1.69. The van der Waals surface area contributed by atoms with Crippen molar-refractivity contribution >= 4 is 15.2 Å². The van der Waals surface area contributed by atoms with Crippen LogP contribution in [0.4, 0.5) is 0 Å². The Labute approximate surface area is 265 Å². The van der Waals surface area contributed by atoms with Crippen LogP contribution in [-0.4, -0.2) is 26.4 Å². The summed E-state index contributed by atoms with van der Waals surface area (Å²) in [4.78, 5) is 11.2. The van der Waals surface area contributed by atoms with Crippen molar-refractivity contribution in [1.82, 2.24) is 0 Å². The zero-order valence-corrected chi connectivity index (χ0v) is 26.7. The van der Waals surface area contributed by atoms with Gasteiger partial charge in [-0.05, 0) is 58.2 Å². The molecule has 0 aromatic heterocycles.